The predicted octanol–water partition coefficient (Wildman–Crippen LogP) is -0.355. The standard InChI is InChI=1S/C11H23NO4/c1-9(2)7-10(16)12-11(8-15,3-5-13)4-6-14/h9,13-15H,3-8H2,1-2H3,(H,12,16). The highest BCUT2D eigenvalue weighted by Crippen LogP contribution is 2.15. The number of carbonyl (C=O) groups excluding carboxylic acids is 1. The Morgan fingerprint density at radius 2 is 1.69 bits per heavy atom. The summed E-state index contributed by atoms with van der Waals surface area (Å²) in [5, 5.41) is 29.8. The van der Waals surface area contributed by atoms with Gasteiger partial charge in [0.1, 0.15) is 0 Å². The molecule has 16 heavy (non-hydrogen) atoms. The Kier molecular flexibility index (Phi) is 7.29. The Bertz CT molecular complexity index is 200. The summed E-state index contributed by atoms with van der Waals surface area (Å²) >= 11 is 0. The highest BCUT2D eigenvalue weighted by Gasteiger charge is 2.30. The molecule has 0 aliphatic heterocycles. The quantitative estimate of drug-likeness (QED) is 0.461. The Morgan fingerprint density at radius 1 is 1.19 bits per heavy atom. The van der Waals surface area contributed by atoms with Crippen LogP contribution < -0.4 is 5.32 Å². The van der Waals surface area contributed by atoms with Crippen LogP contribution in [0.2, 0.25) is 0 Å². The number of hydrogen-bond acceptors (Lipinski definition) is 4. The molecule has 0 aliphatic rings. The molecule has 0 heterocycles. The third kappa shape index (κ3) is 5.44. The maximum atomic E-state index is 11.6. The summed E-state index contributed by atoms with van der Waals surface area (Å²) in [6.45, 7) is 3.31. The average Bonchev–Trinajstić information content (AvgIpc) is 2.16. The summed E-state index contributed by atoms with van der Waals surface area (Å²) in [4.78, 5) is 11.6. The zero-order chi connectivity index (χ0) is 12.6. The summed E-state index contributed by atoms with van der Waals surface area (Å²) in [6.07, 6.45) is 0.862. The molecule has 0 fully saturated rings. The van der Waals surface area contributed by atoms with Crippen molar-refractivity contribution in [3.63, 3.8) is 0 Å². The Hall–Kier alpha value is -0.650. The van der Waals surface area contributed by atoms with E-state index in [0.29, 0.717) is 6.42 Å². The zero-order valence-corrected chi connectivity index (χ0v) is 10.1. The molecule has 0 aromatic heterocycles. The largest absolute Gasteiger partial charge is 0.396 e. The van der Waals surface area contributed by atoms with Crippen LogP contribution in [0.5, 0.6) is 0 Å². The van der Waals surface area contributed by atoms with E-state index >= 15 is 0 Å². The zero-order valence-electron chi connectivity index (χ0n) is 10.1. The van der Waals surface area contributed by atoms with E-state index in [0.717, 1.165) is 0 Å². The first-order chi connectivity index (χ1) is 7.49. The van der Waals surface area contributed by atoms with E-state index in [1.807, 2.05) is 13.8 Å². The number of rotatable bonds is 8. The van der Waals surface area contributed by atoms with Crippen LogP contribution in [0, 0.1) is 5.92 Å². The van der Waals surface area contributed by atoms with Crippen LogP contribution in [-0.2, 0) is 4.79 Å². The van der Waals surface area contributed by atoms with Gasteiger partial charge in [0.2, 0.25) is 5.91 Å². The topological polar surface area (TPSA) is 89.8 Å². The van der Waals surface area contributed by atoms with Crippen molar-refractivity contribution in [1.29, 1.82) is 0 Å². The lowest BCUT2D eigenvalue weighted by Crippen LogP contribution is -2.52. The maximum Gasteiger partial charge on any atom is 0.220 e. The van der Waals surface area contributed by atoms with Gasteiger partial charge in [-0.05, 0) is 18.8 Å². The van der Waals surface area contributed by atoms with Crippen LogP contribution >= 0.6 is 0 Å². The SMILES string of the molecule is CC(C)CC(=O)NC(CO)(CCO)CCO. The molecule has 1 amide bonds. The van der Waals surface area contributed by atoms with Crippen LogP contribution in [0.15, 0.2) is 0 Å². The lowest BCUT2D eigenvalue weighted by Gasteiger charge is -2.32. The second kappa shape index (κ2) is 7.60. The van der Waals surface area contributed by atoms with Gasteiger partial charge in [0.25, 0.3) is 0 Å². The third-order valence-corrected chi connectivity index (χ3v) is 2.48. The fourth-order valence-corrected chi connectivity index (χ4v) is 1.59. The molecule has 0 atom stereocenters. The summed E-state index contributed by atoms with van der Waals surface area (Å²) in [5.41, 5.74) is -0.893. The van der Waals surface area contributed by atoms with Crippen LogP contribution in [0.25, 0.3) is 0 Å². The van der Waals surface area contributed by atoms with Crippen molar-refractivity contribution >= 4 is 5.91 Å². The smallest absolute Gasteiger partial charge is 0.220 e. The van der Waals surface area contributed by atoms with E-state index in [-0.39, 0.29) is 44.5 Å². The van der Waals surface area contributed by atoms with Gasteiger partial charge in [0.05, 0.1) is 12.1 Å². The van der Waals surface area contributed by atoms with E-state index in [1.54, 1.807) is 0 Å². The number of amides is 1. The number of hydrogen-bond donors (Lipinski definition) is 4. The first kappa shape index (κ1) is 15.3. The normalized spacial score (nSPS) is 11.9. The van der Waals surface area contributed by atoms with E-state index in [9.17, 15) is 9.90 Å². The predicted molar refractivity (Wildman–Crippen MR) is 60.8 cm³/mol. The van der Waals surface area contributed by atoms with Crippen molar-refractivity contribution in [3.8, 4) is 0 Å². The molecule has 96 valence electrons. The van der Waals surface area contributed by atoms with Crippen molar-refractivity contribution < 1.29 is 20.1 Å². The molecule has 0 unspecified atom stereocenters. The molecule has 0 aromatic carbocycles. The molecule has 5 heteroatoms. The molecule has 0 spiro atoms. The first-order valence-electron chi connectivity index (χ1n) is 5.63. The summed E-state index contributed by atoms with van der Waals surface area (Å²) in [7, 11) is 0. The molecule has 0 saturated heterocycles. The number of aliphatic hydroxyl groups is 3. The van der Waals surface area contributed by atoms with Crippen LogP contribution in [0.1, 0.15) is 33.1 Å². The highest BCUT2D eigenvalue weighted by atomic mass is 16.3. The maximum absolute atomic E-state index is 11.6. The van der Waals surface area contributed by atoms with Crippen molar-refractivity contribution in [1.82, 2.24) is 5.32 Å². The molecular weight excluding hydrogens is 210 g/mol. The Morgan fingerprint density at radius 3 is 2.00 bits per heavy atom. The molecule has 0 radical (unpaired) electrons. The van der Waals surface area contributed by atoms with Gasteiger partial charge < -0.3 is 20.6 Å². The van der Waals surface area contributed by atoms with Crippen molar-refractivity contribution in [2.45, 2.75) is 38.6 Å². The van der Waals surface area contributed by atoms with E-state index in [4.69, 9.17) is 10.2 Å². The second-order valence-corrected chi connectivity index (χ2v) is 4.53. The van der Waals surface area contributed by atoms with Gasteiger partial charge in [-0.2, -0.15) is 0 Å². The number of carbonyl (C=O) groups is 1. The molecule has 0 aliphatic carbocycles. The second-order valence-electron chi connectivity index (χ2n) is 4.53. The van der Waals surface area contributed by atoms with Gasteiger partial charge >= 0.3 is 0 Å². The van der Waals surface area contributed by atoms with Crippen LogP contribution in [0.4, 0.5) is 0 Å². The fraction of sp³-hybridized carbons (Fsp3) is 0.909. The van der Waals surface area contributed by atoms with E-state index < -0.39 is 5.54 Å². The van der Waals surface area contributed by atoms with Gasteiger partial charge in [-0.3, -0.25) is 4.79 Å². The van der Waals surface area contributed by atoms with Gasteiger partial charge in [-0.15, -0.1) is 0 Å². The minimum absolute atomic E-state index is 0.136. The monoisotopic (exact) mass is 233 g/mol. The molecule has 0 bridgehead atoms. The van der Waals surface area contributed by atoms with E-state index in [1.165, 1.54) is 0 Å². The third-order valence-electron chi connectivity index (χ3n) is 2.48. The van der Waals surface area contributed by atoms with Crippen molar-refractivity contribution in [3.05, 3.63) is 0 Å². The molecule has 0 rings (SSSR count). The highest BCUT2D eigenvalue weighted by molar-refractivity contribution is 5.77. The summed E-state index contributed by atoms with van der Waals surface area (Å²) in [5.74, 6) is 0.0746. The molecular formula is C11H23NO4. The molecule has 4 N–H and O–H groups in total. The fourth-order valence-electron chi connectivity index (χ4n) is 1.59. The number of aliphatic hydroxyl groups excluding tert-OH is 3. The molecule has 0 saturated carbocycles. The van der Waals surface area contributed by atoms with E-state index in [2.05, 4.69) is 5.32 Å². The van der Waals surface area contributed by atoms with Gasteiger partial charge in [-0.25, -0.2) is 0 Å². The summed E-state index contributed by atoms with van der Waals surface area (Å²) < 4.78 is 0. The van der Waals surface area contributed by atoms with Gasteiger partial charge in [-0.1, -0.05) is 13.8 Å². The lowest BCUT2D eigenvalue weighted by molar-refractivity contribution is -0.124. The Balaban J connectivity index is 4.44. The summed E-state index contributed by atoms with van der Waals surface area (Å²) in [6, 6.07) is 0. The van der Waals surface area contributed by atoms with Gasteiger partial charge in [0.15, 0.2) is 0 Å². The molecule has 5 nitrogen and oxygen atoms in total. The lowest BCUT2D eigenvalue weighted by atomic mass is 9.92. The number of nitrogens with one attached hydrogen (secondary N) is 1. The molecule has 0 aromatic rings. The minimum Gasteiger partial charge on any atom is -0.396 e. The van der Waals surface area contributed by atoms with Crippen LogP contribution in [0.3, 0.4) is 0 Å². The van der Waals surface area contributed by atoms with Crippen molar-refractivity contribution in [2.75, 3.05) is 19.8 Å². The first-order valence-corrected chi connectivity index (χ1v) is 5.63. The minimum atomic E-state index is -0.893. The van der Waals surface area contributed by atoms with Crippen molar-refractivity contribution in [2.24, 2.45) is 5.92 Å². The van der Waals surface area contributed by atoms with Gasteiger partial charge in [0, 0.05) is 19.6 Å². The van der Waals surface area contributed by atoms with Crippen LogP contribution in [-0.4, -0.2) is 46.6 Å². The average molecular weight is 233 g/mol. The Labute approximate surface area is 96.5 Å².